The standard InChI is InChI=1S/C20H24N2O3/c23-20(19-7-4-12-25-19)22-9-8-17(21-10-13-24-14-11-21)18(22)15-16-5-2-1-3-6-16/h1-7,12,17-18H,8-11,13-15H2/t17-,18+/m0/s1. The molecule has 0 N–H and O–H groups in total. The number of nitrogens with zero attached hydrogens (tertiary/aromatic N) is 2. The summed E-state index contributed by atoms with van der Waals surface area (Å²) in [7, 11) is 0. The molecular weight excluding hydrogens is 316 g/mol. The van der Waals surface area contributed by atoms with E-state index in [4.69, 9.17) is 9.15 Å². The summed E-state index contributed by atoms with van der Waals surface area (Å²) in [5.74, 6) is 0.433. The van der Waals surface area contributed by atoms with E-state index in [0.29, 0.717) is 11.8 Å². The van der Waals surface area contributed by atoms with Crippen LogP contribution in [0.4, 0.5) is 0 Å². The fraction of sp³-hybridized carbons (Fsp3) is 0.450. The molecule has 0 saturated carbocycles. The number of amides is 1. The van der Waals surface area contributed by atoms with E-state index in [9.17, 15) is 4.79 Å². The fourth-order valence-electron chi connectivity index (χ4n) is 4.07. The van der Waals surface area contributed by atoms with Crippen LogP contribution < -0.4 is 0 Å². The van der Waals surface area contributed by atoms with Crippen LogP contribution in [0.3, 0.4) is 0 Å². The Labute approximate surface area is 148 Å². The van der Waals surface area contributed by atoms with Crippen LogP contribution in [0.25, 0.3) is 0 Å². The molecule has 3 heterocycles. The number of morpholine rings is 1. The molecule has 0 radical (unpaired) electrons. The third-order valence-corrected chi connectivity index (χ3v) is 5.31. The van der Waals surface area contributed by atoms with E-state index < -0.39 is 0 Å². The maximum atomic E-state index is 12.9. The molecule has 0 spiro atoms. The van der Waals surface area contributed by atoms with E-state index in [1.54, 1.807) is 18.4 Å². The first kappa shape index (κ1) is 16.4. The van der Waals surface area contributed by atoms with Crippen LogP contribution >= 0.6 is 0 Å². The minimum atomic E-state index is 0.00157. The zero-order chi connectivity index (χ0) is 17.1. The summed E-state index contributed by atoms with van der Waals surface area (Å²) in [5.41, 5.74) is 1.27. The molecule has 132 valence electrons. The van der Waals surface area contributed by atoms with Crippen LogP contribution in [0.2, 0.25) is 0 Å². The van der Waals surface area contributed by atoms with Crippen LogP contribution in [-0.2, 0) is 11.2 Å². The van der Waals surface area contributed by atoms with Crippen molar-refractivity contribution in [2.75, 3.05) is 32.8 Å². The van der Waals surface area contributed by atoms with Crippen molar-refractivity contribution in [3.63, 3.8) is 0 Å². The van der Waals surface area contributed by atoms with Crippen molar-refractivity contribution in [3.8, 4) is 0 Å². The Hall–Kier alpha value is -2.11. The van der Waals surface area contributed by atoms with E-state index in [0.717, 1.165) is 45.7 Å². The highest BCUT2D eigenvalue weighted by Gasteiger charge is 2.41. The molecule has 5 heteroatoms. The molecular formula is C20H24N2O3. The molecule has 1 amide bonds. The molecule has 2 aromatic rings. The first-order valence-electron chi connectivity index (χ1n) is 9.03. The van der Waals surface area contributed by atoms with Gasteiger partial charge in [-0.2, -0.15) is 0 Å². The number of rotatable bonds is 4. The quantitative estimate of drug-likeness (QED) is 0.858. The van der Waals surface area contributed by atoms with Gasteiger partial charge in [0.2, 0.25) is 0 Å². The third-order valence-electron chi connectivity index (χ3n) is 5.31. The zero-order valence-corrected chi connectivity index (χ0v) is 14.3. The summed E-state index contributed by atoms with van der Waals surface area (Å²) in [6.07, 6.45) is 3.44. The lowest BCUT2D eigenvalue weighted by atomic mass is 9.98. The molecule has 0 bridgehead atoms. The molecule has 5 nitrogen and oxygen atoms in total. The summed E-state index contributed by atoms with van der Waals surface area (Å²) in [5, 5.41) is 0. The maximum Gasteiger partial charge on any atom is 0.289 e. The molecule has 4 rings (SSSR count). The minimum Gasteiger partial charge on any atom is -0.459 e. The lowest BCUT2D eigenvalue weighted by molar-refractivity contribution is 0.00841. The average Bonchev–Trinajstić information content (AvgIpc) is 3.33. The predicted molar refractivity (Wildman–Crippen MR) is 94.5 cm³/mol. The van der Waals surface area contributed by atoms with Gasteiger partial charge in [0, 0.05) is 25.7 Å². The molecule has 0 unspecified atom stereocenters. The van der Waals surface area contributed by atoms with Crippen molar-refractivity contribution in [2.45, 2.75) is 24.9 Å². The Kier molecular flexibility index (Phi) is 4.85. The summed E-state index contributed by atoms with van der Waals surface area (Å²) in [6.45, 7) is 4.22. The topological polar surface area (TPSA) is 45.9 Å². The second-order valence-corrected chi connectivity index (χ2v) is 6.74. The van der Waals surface area contributed by atoms with Gasteiger partial charge in [0.1, 0.15) is 0 Å². The molecule has 25 heavy (non-hydrogen) atoms. The van der Waals surface area contributed by atoms with E-state index in [-0.39, 0.29) is 11.9 Å². The van der Waals surface area contributed by atoms with Gasteiger partial charge in [0.15, 0.2) is 5.76 Å². The number of furan rings is 1. The van der Waals surface area contributed by atoms with Gasteiger partial charge in [-0.05, 0) is 30.5 Å². The largest absolute Gasteiger partial charge is 0.459 e. The van der Waals surface area contributed by atoms with Crippen molar-refractivity contribution in [3.05, 3.63) is 60.1 Å². The second kappa shape index (κ2) is 7.42. The van der Waals surface area contributed by atoms with Gasteiger partial charge in [-0.1, -0.05) is 30.3 Å². The SMILES string of the molecule is O=C(c1ccco1)N1CC[C@H](N2CCOCC2)[C@H]1Cc1ccccc1. The Morgan fingerprint density at radius 1 is 1.04 bits per heavy atom. The van der Waals surface area contributed by atoms with Gasteiger partial charge in [-0.3, -0.25) is 9.69 Å². The van der Waals surface area contributed by atoms with Gasteiger partial charge in [-0.25, -0.2) is 0 Å². The first-order valence-corrected chi connectivity index (χ1v) is 9.03. The highest BCUT2D eigenvalue weighted by atomic mass is 16.5. The smallest absolute Gasteiger partial charge is 0.289 e. The van der Waals surface area contributed by atoms with E-state index in [1.165, 1.54) is 5.56 Å². The normalized spacial score (nSPS) is 24.6. The maximum absolute atomic E-state index is 12.9. The van der Waals surface area contributed by atoms with Crippen molar-refractivity contribution in [1.29, 1.82) is 0 Å². The van der Waals surface area contributed by atoms with Crippen LogP contribution in [-0.4, -0.2) is 60.6 Å². The number of likely N-dealkylation sites (tertiary alicyclic amines) is 1. The number of ether oxygens (including phenoxy) is 1. The van der Waals surface area contributed by atoms with Crippen molar-refractivity contribution >= 4 is 5.91 Å². The fourth-order valence-corrected chi connectivity index (χ4v) is 4.07. The van der Waals surface area contributed by atoms with Crippen LogP contribution in [0, 0.1) is 0 Å². The van der Waals surface area contributed by atoms with Crippen LogP contribution in [0.5, 0.6) is 0 Å². The lowest BCUT2D eigenvalue weighted by Gasteiger charge is -2.37. The number of carbonyl (C=O) groups is 1. The van der Waals surface area contributed by atoms with Gasteiger partial charge in [-0.15, -0.1) is 0 Å². The molecule has 2 fully saturated rings. The number of carbonyl (C=O) groups excluding carboxylic acids is 1. The first-order chi connectivity index (χ1) is 12.3. The number of hydrogen-bond acceptors (Lipinski definition) is 4. The van der Waals surface area contributed by atoms with Crippen LogP contribution in [0.1, 0.15) is 22.5 Å². The van der Waals surface area contributed by atoms with E-state index in [2.05, 4.69) is 29.2 Å². The van der Waals surface area contributed by atoms with Crippen molar-refractivity contribution in [1.82, 2.24) is 9.80 Å². The summed E-state index contributed by atoms with van der Waals surface area (Å²) in [4.78, 5) is 17.4. The molecule has 2 aliphatic rings. The molecule has 2 saturated heterocycles. The Bertz CT molecular complexity index is 680. The van der Waals surface area contributed by atoms with E-state index in [1.807, 2.05) is 11.0 Å². The molecule has 0 aliphatic carbocycles. The minimum absolute atomic E-state index is 0.00157. The zero-order valence-electron chi connectivity index (χ0n) is 14.3. The van der Waals surface area contributed by atoms with Gasteiger partial charge >= 0.3 is 0 Å². The Balaban J connectivity index is 1.58. The number of benzene rings is 1. The van der Waals surface area contributed by atoms with Gasteiger partial charge in [0.05, 0.1) is 25.5 Å². The highest BCUT2D eigenvalue weighted by molar-refractivity contribution is 5.92. The van der Waals surface area contributed by atoms with Gasteiger partial charge in [0.25, 0.3) is 5.91 Å². The van der Waals surface area contributed by atoms with Gasteiger partial charge < -0.3 is 14.1 Å². The molecule has 1 aromatic heterocycles. The Morgan fingerprint density at radius 3 is 2.56 bits per heavy atom. The monoisotopic (exact) mass is 340 g/mol. The predicted octanol–water partition coefficient (Wildman–Crippen LogP) is 2.44. The molecule has 2 atom stereocenters. The Morgan fingerprint density at radius 2 is 1.84 bits per heavy atom. The van der Waals surface area contributed by atoms with Crippen molar-refractivity contribution in [2.24, 2.45) is 0 Å². The third kappa shape index (κ3) is 3.48. The molecule has 2 aliphatic heterocycles. The number of hydrogen-bond donors (Lipinski definition) is 0. The highest BCUT2D eigenvalue weighted by Crippen LogP contribution is 2.28. The van der Waals surface area contributed by atoms with E-state index >= 15 is 0 Å². The summed E-state index contributed by atoms with van der Waals surface area (Å²) < 4.78 is 10.9. The average molecular weight is 340 g/mol. The van der Waals surface area contributed by atoms with Crippen molar-refractivity contribution < 1.29 is 13.9 Å². The summed E-state index contributed by atoms with van der Waals surface area (Å²) in [6, 6.07) is 14.5. The molecule has 1 aromatic carbocycles. The second-order valence-electron chi connectivity index (χ2n) is 6.74. The summed E-state index contributed by atoms with van der Waals surface area (Å²) >= 11 is 0. The lowest BCUT2D eigenvalue weighted by Crippen LogP contribution is -2.51. The van der Waals surface area contributed by atoms with Crippen LogP contribution in [0.15, 0.2) is 53.1 Å².